The normalized spacial score (nSPS) is 17.4. The number of carbonyl (C=O) groups is 1. The van der Waals surface area contributed by atoms with Gasteiger partial charge in [-0.1, -0.05) is 19.8 Å². The number of sulfone groups is 1. The van der Waals surface area contributed by atoms with Crippen LogP contribution in [0.4, 0.5) is 15.8 Å². The van der Waals surface area contributed by atoms with Gasteiger partial charge >= 0.3 is 5.97 Å². The van der Waals surface area contributed by atoms with Crippen molar-refractivity contribution in [3.05, 3.63) is 42.2 Å². The number of anilines is 2. The first-order chi connectivity index (χ1) is 16.5. The fraction of sp³-hybridized carbons (Fsp3) is 0.500. The highest BCUT2D eigenvalue weighted by molar-refractivity contribution is 7.98. The van der Waals surface area contributed by atoms with Gasteiger partial charge in [0.1, 0.15) is 18.2 Å². The summed E-state index contributed by atoms with van der Waals surface area (Å²) in [7, 11) is -2.30. The molecule has 0 bridgehead atoms. The third-order valence-electron chi connectivity index (χ3n) is 6.20. The molecule has 2 aromatic carbocycles. The molecule has 3 rings (SSSR count). The van der Waals surface area contributed by atoms with Crippen LogP contribution >= 0.6 is 11.8 Å². The Morgan fingerprint density at radius 1 is 1.23 bits per heavy atom. The van der Waals surface area contributed by atoms with Crippen molar-refractivity contribution in [1.29, 1.82) is 0 Å². The number of halogens is 1. The second-order valence-electron chi connectivity index (χ2n) is 9.51. The Bertz CT molecular complexity index is 1150. The Balaban J connectivity index is 2.11. The summed E-state index contributed by atoms with van der Waals surface area (Å²) in [6, 6.07) is 9.52. The van der Waals surface area contributed by atoms with E-state index in [0.29, 0.717) is 18.0 Å². The van der Waals surface area contributed by atoms with E-state index in [0.717, 1.165) is 29.8 Å². The van der Waals surface area contributed by atoms with Crippen molar-refractivity contribution in [2.45, 2.75) is 49.8 Å². The molecule has 0 spiro atoms. The molecule has 0 fully saturated rings. The van der Waals surface area contributed by atoms with Crippen LogP contribution in [0.2, 0.25) is 0 Å². The Kier molecular flexibility index (Phi) is 8.75. The molecular weight excluding hydrogens is 489 g/mol. The van der Waals surface area contributed by atoms with Crippen molar-refractivity contribution in [1.82, 2.24) is 0 Å². The minimum Gasteiger partial charge on any atom is -0.491 e. The maximum Gasteiger partial charge on any atom is 0.314 e. The van der Waals surface area contributed by atoms with Gasteiger partial charge in [-0.2, -0.15) is 0 Å². The van der Waals surface area contributed by atoms with Crippen LogP contribution < -0.4 is 9.64 Å². The van der Waals surface area contributed by atoms with E-state index in [1.165, 1.54) is 31.0 Å². The van der Waals surface area contributed by atoms with Crippen molar-refractivity contribution in [2.24, 2.45) is 11.3 Å². The third kappa shape index (κ3) is 6.30. The average molecular weight is 524 g/mol. The van der Waals surface area contributed by atoms with Gasteiger partial charge in [-0.05, 0) is 62.8 Å². The van der Waals surface area contributed by atoms with Crippen LogP contribution in [0.5, 0.6) is 5.75 Å². The molecule has 35 heavy (non-hydrogen) atoms. The number of methoxy groups -OCH3 is 1. The highest BCUT2D eigenvalue weighted by Crippen LogP contribution is 2.43. The van der Waals surface area contributed by atoms with Gasteiger partial charge < -0.3 is 14.4 Å². The van der Waals surface area contributed by atoms with Crippen LogP contribution in [0.15, 0.2) is 46.2 Å². The van der Waals surface area contributed by atoms with Gasteiger partial charge in [-0.3, -0.25) is 4.79 Å². The number of esters is 1. The van der Waals surface area contributed by atoms with Gasteiger partial charge in [0.25, 0.3) is 0 Å². The molecule has 0 amide bonds. The Morgan fingerprint density at radius 3 is 2.51 bits per heavy atom. The topological polar surface area (TPSA) is 72.9 Å². The number of ether oxygens (including phenoxy) is 2. The van der Waals surface area contributed by atoms with Crippen molar-refractivity contribution in [2.75, 3.05) is 37.2 Å². The summed E-state index contributed by atoms with van der Waals surface area (Å²) in [6.45, 7) is 6.06. The number of fused-ring (bicyclic) bond motifs is 1. The summed E-state index contributed by atoms with van der Waals surface area (Å²) in [5, 5.41) is 0. The molecule has 0 aromatic heterocycles. The second kappa shape index (κ2) is 11.2. The zero-order chi connectivity index (χ0) is 25.8. The zero-order valence-corrected chi connectivity index (χ0v) is 22.6. The zero-order valence-electron chi connectivity index (χ0n) is 21.0. The van der Waals surface area contributed by atoms with Crippen LogP contribution in [0.1, 0.15) is 40.0 Å². The Hall–Kier alpha value is -2.26. The molecule has 0 N–H and O–H groups in total. The van der Waals surface area contributed by atoms with Gasteiger partial charge in [-0.15, -0.1) is 11.8 Å². The summed E-state index contributed by atoms with van der Waals surface area (Å²) in [4.78, 5) is 15.0. The molecule has 192 valence electrons. The lowest BCUT2D eigenvalue weighted by Gasteiger charge is -2.28. The van der Waals surface area contributed by atoms with Gasteiger partial charge in [-0.25, -0.2) is 12.8 Å². The molecule has 9 heteroatoms. The molecule has 0 aliphatic carbocycles. The highest BCUT2D eigenvalue weighted by Gasteiger charge is 2.35. The summed E-state index contributed by atoms with van der Waals surface area (Å²) in [5.41, 5.74) is 0.389. The summed E-state index contributed by atoms with van der Waals surface area (Å²) in [6.07, 6.45) is 4.58. The summed E-state index contributed by atoms with van der Waals surface area (Å²) >= 11 is 1.43. The van der Waals surface area contributed by atoms with Crippen LogP contribution in [0.25, 0.3) is 0 Å². The molecule has 0 saturated heterocycles. The van der Waals surface area contributed by atoms with Crippen LogP contribution in [-0.2, 0) is 19.4 Å². The number of benzene rings is 2. The van der Waals surface area contributed by atoms with E-state index in [-0.39, 0.29) is 29.0 Å². The van der Waals surface area contributed by atoms with Crippen molar-refractivity contribution < 1.29 is 27.1 Å². The lowest BCUT2D eigenvalue weighted by molar-refractivity contribution is -0.152. The number of carbonyl (C=O) groups excluding carboxylic acids is 1. The number of unbranched alkanes of at least 4 members (excludes halogenated alkanes) is 1. The van der Waals surface area contributed by atoms with Gasteiger partial charge in [0.15, 0.2) is 9.84 Å². The monoisotopic (exact) mass is 523 g/mol. The van der Waals surface area contributed by atoms with Crippen molar-refractivity contribution in [3.63, 3.8) is 0 Å². The van der Waals surface area contributed by atoms with E-state index in [9.17, 15) is 17.6 Å². The van der Waals surface area contributed by atoms with E-state index < -0.39 is 21.2 Å². The second-order valence-corrected chi connectivity index (χ2v) is 12.4. The maximum atomic E-state index is 13.7. The standard InChI is InChI=1S/C26H34FNO5S2/c1-6-7-8-18-15-28(20-11-9-19(27)10-12-20)21-13-23(34-5)22(14-24(21)35(30,31)16-18)33-17-26(2,3)25(29)32-4/h9-14,18H,6-8,15-17H2,1-5H3. The first-order valence-corrected chi connectivity index (χ1v) is 14.6. The minimum absolute atomic E-state index is 0.0312. The molecule has 6 nitrogen and oxygen atoms in total. The summed E-state index contributed by atoms with van der Waals surface area (Å²) < 4.78 is 51.7. The molecule has 2 aromatic rings. The lowest BCUT2D eigenvalue weighted by Crippen LogP contribution is -2.32. The molecule has 1 heterocycles. The number of hydrogen-bond donors (Lipinski definition) is 0. The number of hydrogen-bond acceptors (Lipinski definition) is 7. The van der Waals surface area contributed by atoms with E-state index in [1.807, 2.05) is 17.2 Å². The van der Waals surface area contributed by atoms with Gasteiger partial charge in [0.05, 0.1) is 33.8 Å². The number of thioether (sulfide) groups is 1. The maximum absolute atomic E-state index is 13.7. The largest absolute Gasteiger partial charge is 0.491 e. The average Bonchev–Trinajstić information content (AvgIpc) is 2.94. The van der Waals surface area contributed by atoms with Crippen LogP contribution in [-0.4, -0.2) is 46.7 Å². The molecule has 1 aliphatic heterocycles. The van der Waals surface area contributed by atoms with Crippen LogP contribution in [0, 0.1) is 17.2 Å². The van der Waals surface area contributed by atoms with Gasteiger partial charge in [0.2, 0.25) is 0 Å². The van der Waals surface area contributed by atoms with Crippen LogP contribution in [0.3, 0.4) is 0 Å². The predicted octanol–water partition coefficient (Wildman–Crippen LogP) is 5.86. The predicted molar refractivity (Wildman–Crippen MR) is 138 cm³/mol. The highest BCUT2D eigenvalue weighted by atomic mass is 32.2. The van der Waals surface area contributed by atoms with Crippen molar-refractivity contribution in [3.8, 4) is 5.75 Å². The lowest BCUT2D eigenvalue weighted by atomic mass is 9.95. The molecule has 1 aliphatic rings. The fourth-order valence-corrected chi connectivity index (χ4v) is 6.59. The molecule has 1 unspecified atom stereocenters. The van der Waals surface area contributed by atoms with Crippen molar-refractivity contribution >= 4 is 38.9 Å². The van der Waals surface area contributed by atoms with E-state index in [1.54, 1.807) is 32.0 Å². The summed E-state index contributed by atoms with van der Waals surface area (Å²) in [5.74, 6) is -0.392. The third-order valence-corrected chi connectivity index (χ3v) is 8.86. The first-order valence-electron chi connectivity index (χ1n) is 11.7. The molecule has 0 saturated carbocycles. The number of rotatable bonds is 9. The van der Waals surface area contributed by atoms with Gasteiger partial charge in [0, 0.05) is 18.3 Å². The van der Waals surface area contributed by atoms with E-state index >= 15 is 0 Å². The minimum atomic E-state index is -3.63. The molecule has 0 radical (unpaired) electrons. The van der Waals surface area contributed by atoms with E-state index in [4.69, 9.17) is 9.47 Å². The molecule has 1 atom stereocenters. The smallest absolute Gasteiger partial charge is 0.314 e. The SMILES string of the molecule is CCCCC1CN(c2ccc(F)cc2)c2cc(SC)c(OCC(C)(C)C(=O)OC)cc2S(=O)(=O)C1. The Morgan fingerprint density at radius 2 is 1.91 bits per heavy atom. The Labute approximate surface area is 212 Å². The fourth-order valence-electron chi connectivity index (χ4n) is 4.20. The van der Waals surface area contributed by atoms with E-state index in [2.05, 4.69) is 6.92 Å². The molecular formula is C26H34FNO5S2. The first kappa shape index (κ1) is 27.3. The quantitative estimate of drug-likeness (QED) is 0.301. The number of nitrogens with zero attached hydrogens (tertiary/aromatic N) is 1.